The van der Waals surface area contributed by atoms with Crippen LogP contribution in [0.1, 0.15) is 84.3 Å². The number of alkyl halides is 3. The molecular formula is C36H45F3N6O9S. The second-order valence-electron chi connectivity index (χ2n) is 15.1. The van der Waals surface area contributed by atoms with Crippen molar-refractivity contribution in [3.63, 3.8) is 0 Å². The maximum absolute atomic E-state index is 14.3. The zero-order chi connectivity index (χ0) is 39.9. The minimum absolute atomic E-state index is 0.0349. The lowest BCUT2D eigenvalue weighted by molar-refractivity contribution is -0.143. The topological polar surface area (TPSA) is 195 Å². The Kier molecular flexibility index (Phi) is 11.0. The van der Waals surface area contributed by atoms with Gasteiger partial charge in [-0.15, -0.1) is 0 Å². The number of carbonyl (C=O) groups is 4. The van der Waals surface area contributed by atoms with Gasteiger partial charge in [0.2, 0.25) is 33.4 Å². The van der Waals surface area contributed by atoms with Crippen LogP contribution in [0.5, 0.6) is 11.6 Å². The molecule has 1 aromatic carbocycles. The lowest BCUT2D eigenvalue weighted by atomic mass is 10.0. The minimum Gasteiger partial charge on any atom is -0.497 e. The van der Waals surface area contributed by atoms with Crippen molar-refractivity contribution >= 4 is 44.9 Å². The number of aromatic nitrogens is 2. The first kappa shape index (κ1) is 40.0. The predicted molar refractivity (Wildman–Crippen MR) is 190 cm³/mol. The molecule has 4 aliphatic rings. The average molecular weight is 795 g/mol. The molecule has 3 N–H and O–H groups in total. The van der Waals surface area contributed by atoms with Crippen molar-refractivity contribution in [1.82, 2.24) is 30.2 Å². The fourth-order valence-corrected chi connectivity index (χ4v) is 8.22. The third kappa shape index (κ3) is 8.60. The van der Waals surface area contributed by atoms with Gasteiger partial charge in [-0.05, 0) is 71.4 Å². The molecule has 0 unspecified atom stereocenters. The number of rotatable bonds is 8. The van der Waals surface area contributed by atoms with E-state index in [1.54, 1.807) is 19.9 Å². The van der Waals surface area contributed by atoms with Crippen molar-refractivity contribution < 1.29 is 55.0 Å². The maximum Gasteiger partial charge on any atom is 0.438 e. The largest absolute Gasteiger partial charge is 0.497 e. The number of halogens is 3. The van der Waals surface area contributed by atoms with Crippen LogP contribution in [-0.4, -0.2) is 95.3 Å². The molecule has 3 fully saturated rings. The van der Waals surface area contributed by atoms with Crippen LogP contribution < -0.4 is 24.8 Å². The summed E-state index contributed by atoms with van der Waals surface area (Å²) in [4.78, 5) is 64.1. The van der Waals surface area contributed by atoms with Gasteiger partial charge in [0.1, 0.15) is 29.5 Å². The lowest BCUT2D eigenvalue weighted by Gasteiger charge is -2.30. The SMILES string of the molecule is COc1ccc2nc(C(F)(F)F)c(O[C@@H]3C[C@H]4C(=O)N[C@]5(C(=O)NS(=O)(=O)C6(C)CC6)C[C@H]5/C=C\CCCCC[C@H](NC(=O)OC(C)C)C(=O)N4C3)nc2c1. The molecule has 55 heavy (non-hydrogen) atoms. The minimum atomic E-state index is -5.00. The Bertz CT molecular complexity index is 1990. The number of hydrogen-bond acceptors (Lipinski definition) is 11. The second-order valence-corrected chi connectivity index (χ2v) is 17.3. The summed E-state index contributed by atoms with van der Waals surface area (Å²) in [5.41, 5.74) is -3.14. The number of ether oxygens (including phenoxy) is 3. The molecule has 0 spiro atoms. The van der Waals surface area contributed by atoms with Crippen LogP contribution in [0.25, 0.3) is 11.0 Å². The van der Waals surface area contributed by atoms with E-state index in [4.69, 9.17) is 14.2 Å². The number of alkyl carbamates (subject to hydrolysis) is 1. The van der Waals surface area contributed by atoms with E-state index in [-0.39, 0.29) is 30.3 Å². The zero-order valence-electron chi connectivity index (χ0n) is 30.9. The van der Waals surface area contributed by atoms with Crippen LogP contribution in [0.2, 0.25) is 0 Å². The van der Waals surface area contributed by atoms with E-state index in [2.05, 4.69) is 25.3 Å². The van der Waals surface area contributed by atoms with Crippen molar-refractivity contribution in [1.29, 1.82) is 0 Å². The van der Waals surface area contributed by atoms with Gasteiger partial charge >= 0.3 is 12.3 Å². The zero-order valence-corrected chi connectivity index (χ0v) is 31.7. The van der Waals surface area contributed by atoms with E-state index in [1.807, 2.05) is 6.08 Å². The first-order valence-corrected chi connectivity index (χ1v) is 19.8. The van der Waals surface area contributed by atoms with Crippen molar-refractivity contribution in [2.24, 2.45) is 5.92 Å². The normalized spacial score (nSPS) is 27.5. The fraction of sp³-hybridized carbons (Fsp3) is 0.611. The highest BCUT2D eigenvalue weighted by molar-refractivity contribution is 7.91. The molecule has 19 heteroatoms. The number of hydrogen-bond donors (Lipinski definition) is 3. The van der Waals surface area contributed by atoms with Gasteiger partial charge in [0.25, 0.3) is 5.91 Å². The number of benzene rings is 1. The van der Waals surface area contributed by atoms with Gasteiger partial charge in [0, 0.05) is 18.4 Å². The number of methoxy groups -OCH3 is 1. The van der Waals surface area contributed by atoms with Crippen LogP contribution in [0, 0.1) is 5.92 Å². The molecule has 2 aromatic rings. The van der Waals surface area contributed by atoms with Gasteiger partial charge in [-0.3, -0.25) is 19.1 Å². The standard InChI is InChI=1S/C36H45F3N6O9S/c1-20(2)53-33(49)42-25-11-9-7-5-6-8-10-21-18-35(21,32(48)44-55(50,51)34(3)14-15-34)43-29(46)27-17-23(19-45(27)31(25)47)54-30-28(36(37,38)39)40-24-13-12-22(52-4)16-26(24)41-30/h8,10,12-13,16,20-21,23,25,27H,5-7,9,11,14-15,17-19H2,1-4H3,(H,42,49)(H,43,46)(H,44,48)/b10-8-/t21-,23-,25+,27+,35-/m1/s1. The highest BCUT2D eigenvalue weighted by Crippen LogP contribution is 2.47. The van der Waals surface area contributed by atoms with Gasteiger partial charge in [0.15, 0.2) is 0 Å². The van der Waals surface area contributed by atoms with E-state index in [1.165, 1.54) is 32.2 Å². The average Bonchev–Trinajstić information content (AvgIpc) is 3.99. The van der Waals surface area contributed by atoms with Crippen LogP contribution in [0.15, 0.2) is 30.4 Å². The number of fused-ring (bicyclic) bond motifs is 3. The van der Waals surface area contributed by atoms with Crippen LogP contribution in [-0.2, 0) is 35.3 Å². The maximum atomic E-state index is 14.3. The van der Waals surface area contributed by atoms with Crippen molar-refractivity contribution in [3.8, 4) is 11.6 Å². The number of allylic oxidation sites excluding steroid dienone is 1. The molecule has 0 radical (unpaired) electrons. The van der Waals surface area contributed by atoms with Crippen LogP contribution in [0.3, 0.4) is 0 Å². The number of nitrogens with one attached hydrogen (secondary N) is 3. The first-order chi connectivity index (χ1) is 25.9. The smallest absolute Gasteiger partial charge is 0.438 e. The molecule has 2 aliphatic heterocycles. The molecule has 4 amide bonds. The molecule has 5 atom stereocenters. The molecule has 3 heterocycles. The predicted octanol–water partition coefficient (Wildman–Crippen LogP) is 3.90. The van der Waals surface area contributed by atoms with E-state index in [0.717, 1.165) is 4.90 Å². The van der Waals surface area contributed by atoms with Crippen LogP contribution >= 0.6 is 0 Å². The molecule has 1 saturated heterocycles. The van der Waals surface area contributed by atoms with Gasteiger partial charge in [-0.2, -0.15) is 13.2 Å². The number of amides is 4. The van der Waals surface area contributed by atoms with E-state index >= 15 is 0 Å². The Labute approximate surface area is 316 Å². The Morgan fingerprint density at radius 2 is 1.84 bits per heavy atom. The van der Waals surface area contributed by atoms with E-state index < -0.39 is 98.6 Å². The number of carbonyl (C=O) groups excluding carboxylic acids is 4. The van der Waals surface area contributed by atoms with Crippen LogP contribution in [0.4, 0.5) is 18.0 Å². The summed E-state index contributed by atoms with van der Waals surface area (Å²) in [5.74, 6) is -3.65. The summed E-state index contributed by atoms with van der Waals surface area (Å²) in [6.07, 6.45) is -0.941. The van der Waals surface area contributed by atoms with E-state index in [9.17, 15) is 40.8 Å². The summed E-state index contributed by atoms with van der Waals surface area (Å²) in [7, 11) is -2.71. The quantitative estimate of drug-likeness (QED) is 0.328. The highest BCUT2D eigenvalue weighted by atomic mass is 32.2. The van der Waals surface area contributed by atoms with Crippen molar-refractivity contribution in [2.45, 2.75) is 119 Å². The van der Waals surface area contributed by atoms with Gasteiger partial charge in [0.05, 0.1) is 35.5 Å². The Hall–Kier alpha value is -4.68. The Balaban J connectivity index is 1.34. The number of sulfonamides is 1. The monoisotopic (exact) mass is 794 g/mol. The van der Waals surface area contributed by atoms with Crippen molar-refractivity contribution in [2.75, 3.05) is 13.7 Å². The summed E-state index contributed by atoms with van der Waals surface area (Å²) in [6.45, 7) is 4.37. The third-order valence-corrected chi connectivity index (χ3v) is 12.7. The summed E-state index contributed by atoms with van der Waals surface area (Å²) in [5, 5.41) is 5.29. The molecule has 2 aliphatic carbocycles. The molecule has 300 valence electrons. The fourth-order valence-electron chi connectivity index (χ4n) is 6.91. The number of nitrogens with zero attached hydrogens (tertiary/aromatic N) is 3. The second kappa shape index (κ2) is 15.1. The van der Waals surface area contributed by atoms with Crippen molar-refractivity contribution in [3.05, 3.63) is 36.0 Å². The molecular weight excluding hydrogens is 749 g/mol. The summed E-state index contributed by atoms with van der Waals surface area (Å²) in [6, 6.07) is 1.53. The van der Waals surface area contributed by atoms with Gasteiger partial charge < -0.3 is 29.7 Å². The highest BCUT2D eigenvalue weighted by Gasteiger charge is 2.63. The van der Waals surface area contributed by atoms with E-state index in [0.29, 0.717) is 44.3 Å². The molecule has 0 bridgehead atoms. The summed E-state index contributed by atoms with van der Waals surface area (Å²) >= 11 is 0. The van der Waals surface area contributed by atoms with Gasteiger partial charge in [-0.25, -0.2) is 23.2 Å². The Morgan fingerprint density at radius 1 is 1.09 bits per heavy atom. The molecule has 6 rings (SSSR count). The molecule has 2 saturated carbocycles. The lowest BCUT2D eigenvalue weighted by Crippen LogP contribution is -2.58. The third-order valence-electron chi connectivity index (χ3n) is 10.5. The van der Waals surface area contributed by atoms with Gasteiger partial charge in [-0.1, -0.05) is 25.0 Å². The Morgan fingerprint density at radius 3 is 2.51 bits per heavy atom. The molecule has 1 aromatic heterocycles. The summed E-state index contributed by atoms with van der Waals surface area (Å²) < 4.78 is 86.5. The molecule has 15 nitrogen and oxygen atoms in total. The first-order valence-electron chi connectivity index (χ1n) is 18.3.